The zero-order valence-corrected chi connectivity index (χ0v) is 17.4. The monoisotopic (exact) mass is 433 g/mol. The molecule has 8 heteroatoms. The van der Waals surface area contributed by atoms with Gasteiger partial charge in [-0.1, -0.05) is 29.8 Å². The highest BCUT2D eigenvalue weighted by atomic mass is 35.5. The second kappa shape index (κ2) is 8.73. The van der Waals surface area contributed by atoms with E-state index < -0.39 is 0 Å². The highest BCUT2D eigenvalue weighted by Gasteiger charge is 2.29. The van der Waals surface area contributed by atoms with E-state index in [2.05, 4.69) is 4.90 Å². The minimum atomic E-state index is -0.309. The van der Waals surface area contributed by atoms with Crippen molar-refractivity contribution in [2.75, 3.05) is 43.4 Å². The van der Waals surface area contributed by atoms with Crippen molar-refractivity contribution in [3.8, 4) is 0 Å². The molecule has 0 spiro atoms. The van der Waals surface area contributed by atoms with E-state index in [0.29, 0.717) is 49.1 Å². The Balaban J connectivity index is 1.36. The smallest absolute Gasteiger partial charge is 0.242 e. The molecule has 0 radical (unpaired) electrons. The summed E-state index contributed by atoms with van der Waals surface area (Å²) in [4.78, 5) is 31.7. The molecule has 2 aromatic carbocycles. The second-order valence-corrected chi connectivity index (χ2v) is 8.52. The average Bonchev–Trinajstić information content (AvgIpc) is 2.73. The molecule has 4 rings (SSSR count). The zero-order chi connectivity index (χ0) is 20.4. The van der Waals surface area contributed by atoms with Crippen LogP contribution in [0.25, 0.3) is 0 Å². The highest BCUT2D eigenvalue weighted by molar-refractivity contribution is 8.00. The van der Waals surface area contributed by atoms with Gasteiger partial charge < -0.3 is 9.80 Å². The number of rotatable bonds is 4. The van der Waals surface area contributed by atoms with Gasteiger partial charge in [-0.25, -0.2) is 4.39 Å². The first-order valence-electron chi connectivity index (χ1n) is 9.48. The van der Waals surface area contributed by atoms with Gasteiger partial charge in [-0.15, -0.1) is 11.8 Å². The number of amides is 2. The number of nitrogens with zero attached hydrogens (tertiary/aromatic N) is 3. The van der Waals surface area contributed by atoms with Crippen molar-refractivity contribution in [2.24, 2.45) is 0 Å². The standard InChI is InChI=1S/C21H21ClFN3O2S/c22-16-4-3-5-17(23)15(16)12-24-8-10-25(11-9-24)20(27)13-26-18-6-1-2-7-19(18)29-14-21(26)28/h1-7H,8-14H2. The van der Waals surface area contributed by atoms with E-state index in [1.165, 1.54) is 17.8 Å². The molecule has 2 aliphatic rings. The number of anilines is 1. The Morgan fingerprint density at radius 1 is 1.07 bits per heavy atom. The summed E-state index contributed by atoms with van der Waals surface area (Å²) >= 11 is 7.62. The Morgan fingerprint density at radius 2 is 1.83 bits per heavy atom. The Labute approximate surface area is 178 Å². The van der Waals surface area contributed by atoms with E-state index in [1.807, 2.05) is 24.3 Å². The van der Waals surface area contributed by atoms with Crippen LogP contribution in [-0.4, -0.2) is 60.1 Å². The van der Waals surface area contributed by atoms with E-state index in [0.717, 1.165) is 10.6 Å². The first-order valence-corrected chi connectivity index (χ1v) is 10.8. The summed E-state index contributed by atoms with van der Waals surface area (Å²) in [6.07, 6.45) is 0. The summed E-state index contributed by atoms with van der Waals surface area (Å²) in [7, 11) is 0. The number of fused-ring (bicyclic) bond motifs is 1. The van der Waals surface area contributed by atoms with Crippen LogP contribution in [0.15, 0.2) is 47.4 Å². The van der Waals surface area contributed by atoms with Gasteiger partial charge in [0, 0.05) is 48.2 Å². The lowest BCUT2D eigenvalue weighted by atomic mass is 10.1. The number of thioether (sulfide) groups is 1. The summed E-state index contributed by atoms with van der Waals surface area (Å²) in [6.45, 7) is 2.83. The average molecular weight is 434 g/mol. The molecule has 29 heavy (non-hydrogen) atoms. The molecule has 2 amide bonds. The summed E-state index contributed by atoms with van der Waals surface area (Å²) in [6, 6.07) is 12.3. The number of hydrogen-bond donors (Lipinski definition) is 0. The SMILES string of the molecule is O=C(CN1C(=O)CSc2ccccc21)N1CCN(Cc2c(F)cccc2Cl)CC1. The number of para-hydroxylation sites is 1. The van der Waals surface area contributed by atoms with Crippen LogP contribution in [0.1, 0.15) is 5.56 Å². The quantitative estimate of drug-likeness (QED) is 0.742. The van der Waals surface area contributed by atoms with Crippen molar-refractivity contribution in [2.45, 2.75) is 11.4 Å². The van der Waals surface area contributed by atoms with E-state index in [1.54, 1.807) is 21.9 Å². The topological polar surface area (TPSA) is 43.9 Å². The molecular weight excluding hydrogens is 413 g/mol. The largest absolute Gasteiger partial charge is 0.339 e. The van der Waals surface area contributed by atoms with Gasteiger partial charge in [0.05, 0.1) is 11.4 Å². The molecule has 0 aromatic heterocycles. The van der Waals surface area contributed by atoms with E-state index in [4.69, 9.17) is 11.6 Å². The molecule has 0 aliphatic carbocycles. The molecule has 2 heterocycles. The van der Waals surface area contributed by atoms with Crippen LogP contribution >= 0.6 is 23.4 Å². The van der Waals surface area contributed by atoms with Gasteiger partial charge in [0.2, 0.25) is 11.8 Å². The van der Waals surface area contributed by atoms with E-state index in [-0.39, 0.29) is 24.2 Å². The van der Waals surface area contributed by atoms with Crippen molar-refractivity contribution in [1.29, 1.82) is 0 Å². The van der Waals surface area contributed by atoms with E-state index in [9.17, 15) is 14.0 Å². The molecule has 152 valence electrons. The van der Waals surface area contributed by atoms with Gasteiger partial charge in [0.1, 0.15) is 12.4 Å². The van der Waals surface area contributed by atoms with Crippen molar-refractivity contribution >= 4 is 40.9 Å². The van der Waals surface area contributed by atoms with Crippen LogP contribution in [-0.2, 0) is 16.1 Å². The Morgan fingerprint density at radius 3 is 2.59 bits per heavy atom. The third kappa shape index (κ3) is 4.42. The Hall–Kier alpha value is -2.09. The van der Waals surface area contributed by atoms with Crippen LogP contribution < -0.4 is 4.90 Å². The number of carbonyl (C=O) groups is 2. The molecule has 2 aliphatic heterocycles. The van der Waals surface area contributed by atoms with E-state index >= 15 is 0 Å². The number of piperazine rings is 1. The number of halogens is 2. The molecule has 2 aromatic rings. The molecule has 0 saturated carbocycles. The number of hydrogen-bond acceptors (Lipinski definition) is 4. The predicted octanol–water partition coefficient (Wildman–Crippen LogP) is 3.26. The van der Waals surface area contributed by atoms with Crippen LogP contribution in [0, 0.1) is 5.82 Å². The first-order chi connectivity index (χ1) is 14.0. The van der Waals surface area contributed by atoms with Gasteiger partial charge in [-0.05, 0) is 24.3 Å². The normalized spacial score (nSPS) is 17.4. The zero-order valence-electron chi connectivity index (χ0n) is 15.8. The maximum atomic E-state index is 14.0. The van der Waals surface area contributed by atoms with Crippen molar-refractivity contribution in [1.82, 2.24) is 9.80 Å². The lowest BCUT2D eigenvalue weighted by Gasteiger charge is -2.36. The highest BCUT2D eigenvalue weighted by Crippen LogP contribution is 2.34. The Kier molecular flexibility index (Phi) is 6.08. The van der Waals surface area contributed by atoms with Gasteiger partial charge >= 0.3 is 0 Å². The van der Waals surface area contributed by atoms with Gasteiger partial charge in [-0.3, -0.25) is 14.5 Å². The first kappa shape index (κ1) is 20.2. The van der Waals surface area contributed by atoms with Gasteiger partial charge in [0.15, 0.2) is 0 Å². The lowest BCUT2D eigenvalue weighted by Crippen LogP contribution is -2.52. The van der Waals surface area contributed by atoms with Crippen LogP contribution in [0.4, 0.5) is 10.1 Å². The summed E-state index contributed by atoms with van der Waals surface area (Å²) in [5.41, 5.74) is 1.29. The summed E-state index contributed by atoms with van der Waals surface area (Å²) < 4.78 is 14.0. The fourth-order valence-corrected chi connectivity index (χ4v) is 4.78. The number of carbonyl (C=O) groups excluding carboxylic acids is 2. The minimum absolute atomic E-state index is 0.0464. The summed E-state index contributed by atoms with van der Waals surface area (Å²) in [5.74, 6) is -0.0729. The molecular formula is C21H21ClFN3O2S. The molecule has 0 bridgehead atoms. The van der Waals surface area contributed by atoms with Crippen LogP contribution in [0.2, 0.25) is 5.02 Å². The van der Waals surface area contributed by atoms with Gasteiger partial charge in [0.25, 0.3) is 0 Å². The van der Waals surface area contributed by atoms with Crippen molar-refractivity contribution in [3.63, 3.8) is 0 Å². The maximum Gasteiger partial charge on any atom is 0.242 e. The van der Waals surface area contributed by atoms with Crippen molar-refractivity contribution in [3.05, 3.63) is 58.9 Å². The molecule has 0 N–H and O–H groups in total. The fourth-order valence-electron chi connectivity index (χ4n) is 3.62. The van der Waals surface area contributed by atoms with Crippen LogP contribution in [0.5, 0.6) is 0 Å². The maximum absolute atomic E-state index is 14.0. The third-order valence-corrected chi connectivity index (χ3v) is 6.67. The van der Waals surface area contributed by atoms with Crippen LogP contribution in [0.3, 0.4) is 0 Å². The molecule has 0 unspecified atom stereocenters. The molecule has 5 nitrogen and oxygen atoms in total. The van der Waals surface area contributed by atoms with Crippen molar-refractivity contribution < 1.29 is 14.0 Å². The minimum Gasteiger partial charge on any atom is -0.339 e. The predicted molar refractivity (Wildman–Crippen MR) is 113 cm³/mol. The molecule has 1 fully saturated rings. The lowest BCUT2D eigenvalue weighted by molar-refractivity contribution is -0.132. The second-order valence-electron chi connectivity index (χ2n) is 7.09. The molecule has 1 saturated heterocycles. The number of benzene rings is 2. The van der Waals surface area contributed by atoms with Gasteiger partial charge in [-0.2, -0.15) is 0 Å². The fraction of sp³-hybridized carbons (Fsp3) is 0.333. The Bertz CT molecular complexity index is 914. The molecule has 0 atom stereocenters. The summed E-state index contributed by atoms with van der Waals surface area (Å²) in [5, 5.41) is 0.420. The third-order valence-electron chi connectivity index (χ3n) is 5.27.